The molecule has 1 aliphatic heterocycles. The van der Waals surface area contributed by atoms with Crippen LogP contribution < -0.4 is 5.73 Å². The Morgan fingerprint density at radius 3 is 2.62 bits per heavy atom. The van der Waals surface area contributed by atoms with Gasteiger partial charge in [0.15, 0.2) is 0 Å². The zero-order chi connectivity index (χ0) is 15.6. The third-order valence-corrected chi connectivity index (χ3v) is 6.33. The zero-order valence-corrected chi connectivity index (χ0v) is 14.4. The van der Waals surface area contributed by atoms with Crippen molar-refractivity contribution in [2.45, 2.75) is 84.7 Å². The van der Waals surface area contributed by atoms with Gasteiger partial charge in [0.05, 0.1) is 0 Å². The summed E-state index contributed by atoms with van der Waals surface area (Å²) in [6, 6.07) is 0.731. The maximum Gasteiger partial charge on any atom is 0.226 e. The number of nitrogens with two attached hydrogens (primary N) is 1. The Morgan fingerprint density at radius 1 is 1.24 bits per heavy atom. The summed E-state index contributed by atoms with van der Waals surface area (Å²) in [7, 11) is 0. The van der Waals surface area contributed by atoms with E-state index in [0.717, 1.165) is 25.8 Å². The van der Waals surface area contributed by atoms with Gasteiger partial charge in [0.1, 0.15) is 0 Å². The molecule has 0 bridgehead atoms. The Kier molecular flexibility index (Phi) is 5.34. The van der Waals surface area contributed by atoms with Crippen molar-refractivity contribution < 1.29 is 4.79 Å². The van der Waals surface area contributed by atoms with Gasteiger partial charge in [0.2, 0.25) is 5.91 Å². The largest absolute Gasteiger partial charge is 0.339 e. The molecule has 1 saturated heterocycles. The van der Waals surface area contributed by atoms with Crippen LogP contribution in [0.25, 0.3) is 0 Å². The van der Waals surface area contributed by atoms with Gasteiger partial charge in [-0.1, -0.05) is 34.1 Å². The number of carbonyl (C=O) groups is 1. The van der Waals surface area contributed by atoms with E-state index in [0.29, 0.717) is 17.9 Å². The van der Waals surface area contributed by atoms with Crippen molar-refractivity contribution in [3.8, 4) is 0 Å². The van der Waals surface area contributed by atoms with Crippen molar-refractivity contribution >= 4 is 5.91 Å². The van der Waals surface area contributed by atoms with Crippen LogP contribution in [0.3, 0.4) is 0 Å². The molecule has 4 atom stereocenters. The smallest absolute Gasteiger partial charge is 0.226 e. The van der Waals surface area contributed by atoms with E-state index in [-0.39, 0.29) is 17.4 Å². The predicted octanol–water partition coefficient (Wildman–Crippen LogP) is 3.57. The van der Waals surface area contributed by atoms with Crippen molar-refractivity contribution in [3.05, 3.63) is 0 Å². The lowest BCUT2D eigenvalue weighted by Crippen LogP contribution is -2.55. The molecule has 0 aromatic carbocycles. The Balaban J connectivity index is 2.14. The fourth-order valence-electron chi connectivity index (χ4n) is 4.42. The Bertz CT molecular complexity index is 364. The fourth-order valence-corrected chi connectivity index (χ4v) is 4.42. The first kappa shape index (κ1) is 16.8. The molecular weight excluding hydrogens is 260 g/mol. The highest BCUT2D eigenvalue weighted by atomic mass is 16.2. The minimum Gasteiger partial charge on any atom is -0.339 e. The molecule has 122 valence electrons. The summed E-state index contributed by atoms with van der Waals surface area (Å²) < 4.78 is 0. The molecule has 1 heterocycles. The number of hydrogen-bond acceptors (Lipinski definition) is 2. The Morgan fingerprint density at radius 2 is 1.95 bits per heavy atom. The van der Waals surface area contributed by atoms with E-state index in [1.165, 1.54) is 25.7 Å². The lowest BCUT2D eigenvalue weighted by molar-refractivity contribution is -0.147. The summed E-state index contributed by atoms with van der Waals surface area (Å²) in [5, 5.41) is 0. The second-order valence-corrected chi connectivity index (χ2v) is 7.87. The highest BCUT2D eigenvalue weighted by molar-refractivity contribution is 5.80. The van der Waals surface area contributed by atoms with Crippen molar-refractivity contribution in [2.24, 2.45) is 23.0 Å². The van der Waals surface area contributed by atoms with Gasteiger partial charge in [-0.15, -0.1) is 0 Å². The highest BCUT2D eigenvalue weighted by Gasteiger charge is 2.47. The number of hydrogen-bond donors (Lipinski definition) is 1. The highest BCUT2D eigenvalue weighted by Crippen LogP contribution is 2.45. The van der Waals surface area contributed by atoms with Gasteiger partial charge in [-0.25, -0.2) is 0 Å². The van der Waals surface area contributed by atoms with Crippen LogP contribution in [0, 0.1) is 17.3 Å². The summed E-state index contributed by atoms with van der Waals surface area (Å²) >= 11 is 0. The van der Waals surface area contributed by atoms with Crippen LogP contribution >= 0.6 is 0 Å². The predicted molar refractivity (Wildman–Crippen MR) is 87.9 cm³/mol. The molecule has 1 saturated carbocycles. The Labute approximate surface area is 130 Å². The van der Waals surface area contributed by atoms with Gasteiger partial charge in [-0.3, -0.25) is 4.79 Å². The van der Waals surface area contributed by atoms with Crippen LogP contribution in [0.4, 0.5) is 0 Å². The van der Waals surface area contributed by atoms with Gasteiger partial charge in [-0.2, -0.15) is 0 Å². The third kappa shape index (κ3) is 3.28. The van der Waals surface area contributed by atoms with Gasteiger partial charge in [0, 0.05) is 24.5 Å². The summed E-state index contributed by atoms with van der Waals surface area (Å²) in [5.41, 5.74) is 6.26. The molecule has 1 aliphatic carbocycles. The molecule has 3 heteroatoms. The van der Waals surface area contributed by atoms with Crippen LogP contribution in [0.15, 0.2) is 0 Å². The maximum atomic E-state index is 13.2. The molecule has 3 nitrogen and oxygen atoms in total. The van der Waals surface area contributed by atoms with Crippen LogP contribution in [0.5, 0.6) is 0 Å². The number of amides is 1. The molecule has 21 heavy (non-hydrogen) atoms. The van der Waals surface area contributed by atoms with E-state index < -0.39 is 0 Å². The summed E-state index contributed by atoms with van der Waals surface area (Å²) in [6.07, 6.45) is 7.94. The van der Waals surface area contributed by atoms with Crippen LogP contribution in [-0.2, 0) is 4.79 Å². The quantitative estimate of drug-likeness (QED) is 0.865. The average Bonchev–Trinajstić information content (AvgIpc) is 2.45. The lowest BCUT2D eigenvalue weighted by atomic mass is 9.60. The van der Waals surface area contributed by atoms with Crippen molar-refractivity contribution in [1.82, 2.24) is 4.90 Å². The molecule has 2 aliphatic rings. The zero-order valence-electron chi connectivity index (χ0n) is 14.4. The summed E-state index contributed by atoms with van der Waals surface area (Å²) in [4.78, 5) is 15.4. The summed E-state index contributed by atoms with van der Waals surface area (Å²) in [5.74, 6) is 0.983. The minimum absolute atomic E-state index is 0.0168. The van der Waals surface area contributed by atoms with E-state index >= 15 is 0 Å². The second kappa shape index (κ2) is 6.68. The maximum absolute atomic E-state index is 13.2. The first-order valence-corrected chi connectivity index (χ1v) is 8.95. The van der Waals surface area contributed by atoms with E-state index in [1.807, 2.05) is 0 Å². The molecule has 1 amide bonds. The van der Waals surface area contributed by atoms with Crippen molar-refractivity contribution in [2.75, 3.05) is 6.54 Å². The lowest BCUT2D eigenvalue weighted by Gasteiger charge is -2.49. The van der Waals surface area contributed by atoms with Crippen LogP contribution in [-0.4, -0.2) is 29.4 Å². The van der Waals surface area contributed by atoms with Crippen LogP contribution in [0.2, 0.25) is 0 Å². The summed E-state index contributed by atoms with van der Waals surface area (Å²) in [6.45, 7) is 9.92. The number of carbonyl (C=O) groups excluding carboxylic acids is 1. The van der Waals surface area contributed by atoms with Gasteiger partial charge in [0.25, 0.3) is 0 Å². The third-order valence-electron chi connectivity index (χ3n) is 6.33. The van der Waals surface area contributed by atoms with Crippen LogP contribution in [0.1, 0.15) is 72.6 Å². The SMILES string of the molecule is CCCC1CCCCN1C(=O)C1CCC(N)C(C)C1(C)C. The molecule has 2 rings (SSSR count). The topological polar surface area (TPSA) is 46.3 Å². The molecule has 2 fully saturated rings. The first-order valence-electron chi connectivity index (χ1n) is 8.95. The average molecular weight is 294 g/mol. The second-order valence-electron chi connectivity index (χ2n) is 7.87. The molecule has 0 spiro atoms. The molecule has 0 radical (unpaired) electrons. The molecule has 2 N–H and O–H groups in total. The number of piperidine rings is 1. The normalized spacial score (nSPS) is 36.5. The molecule has 0 aromatic rings. The van der Waals surface area contributed by atoms with E-state index in [9.17, 15) is 4.79 Å². The number of likely N-dealkylation sites (tertiary alicyclic amines) is 1. The van der Waals surface area contributed by atoms with Crippen molar-refractivity contribution in [3.63, 3.8) is 0 Å². The van der Waals surface area contributed by atoms with E-state index in [1.54, 1.807) is 0 Å². The van der Waals surface area contributed by atoms with E-state index in [2.05, 4.69) is 32.6 Å². The number of rotatable bonds is 3. The molecular formula is C18H34N2O. The first-order chi connectivity index (χ1) is 9.89. The van der Waals surface area contributed by atoms with Crippen molar-refractivity contribution in [1.29, 1.82) is 0 Å². The molecule has 0 aromatic heterocycles. The molecule has 4 unspecified atom stereocenters. The van der Waals surface area contributed by atoms with Gasteiger partial charge < -0.3 is 10.6 Å². The van der Waals surface area contributed by atoms with E-state index in [4.69, 9.17) is 5.73 Å². The van der Waals surface area contributed by atoms with Gasteiger partial charge in [-0.05, 0) is 49.9 Å². The van der Waals surface area contributed by atoms with Gasteiger partial charge >= 0.3 is 0 Å². The fraction of sp³-hybridized carbons (Fsp3) is 0.944. The Hall–Kier alpha value is -0.570. The standard InChI is InChI=1S/C18H34N2O/c1-5-8-14-9-6-7-12-20(14)17(21)15-10-11-16(19)13(2)18(15,3)4/h13-16H,5-12,19H2,1-4H3. The monoisotopic (exact) mass is 294 g/mol. The number of nitrogens with zero attached hydrogens (tertiary/aromatic N) is 1. The minimum atomic E-state index is 0.0168.